The number of amides is 1. The van der Waals surface area contributed by atoms with E-state index in [1.807, 2.05) is 0 Å². The Kier molecular flexibility index (Phi) is 3.62. The molecule has 2 rings (SSSR count). The van der Waals surface area contributed by atoms with E-state index in [2.05, 4.69) is 5.32 Å². The lowest BCUT2D eigenvalue weighted by molar-refractivity contribution is -0.124. The van der Waals surface area contributed by atoms with Gasteiger partial charge in [0.05, 0.1) is 0 Å². The summed E-state index contributed by atoms with van der Waals surface area (Å²) in [6.07, 6.45) is 7.59. The molecule has 1 saturated carbocycles. The molecule has 15 heavy (non-hydrogen) atoms. The van der Waals surface area contributed by atoms with Crippen molar-refractivity contribution in [2.45, 2.75) is 38.5 Å². The molecule has 3 N–H and O–H groups in total. The lowest BCUT2D eigenvalue weighted by Crippen LogP contribution is -2.35. The van der Waals surface area contributed by atoms with Gasteiger partial charge in [-0.1, -0.05) is 32.1 Å². The average Bonchev–Trinajstić information content (AvgIpc) is 2.68. The van der Waals surface area contributed by atoms with Crippen LogP contribution in [0, 0.1) is 17.8 Å². The Hall–Kier alpha value is -0.570. The van der Waals surface area contributed by atoms with Crippen LogP contribution in [0.1, 0.15) is 38.5 Å². The van der Waals surface area contributed by atoms with Crippen molar-refractivity contribution in [3.63, 3.8) is 0 Å². The first-order valence-electron chi connectivity index (χ1n) is 6.30. The predicted octanol–water partition coefficient (Wildman–Crippen LogP) is 1.28. The molecule has 0 aromatic rings. The smallest absolute Gasteiger partial charge is 0.223 e. The van der Waals surface area contributed by atoms with Crippen molar-refractivity contribution < 1.29 is 4.79 Å². The number of hydrogen-bond acceptors (Lipinski definition) is 2. The van der Waals surface area contributed by atoms with E-state index in [1.54, 1.807) is 0 Å². The Labute approximate surface area is 91.8 Å². The van der Waals surface area contributed by atoms with E-state index < -0.39 is 0 Å². The first kappa shape index (κ1) is 10.9. The maximum atomic E-state index is 11.7. The van der Waals surface area contributed by atoms with Crippen molar-refractivity contribution in [2.24, 2.45) is 23.5 Å². The third-order valence-electron chi connectivity index (χ3n) is 4.14. The van der Waals surface area contributed by atoms with Crippen molar-refractivity contribution in [1.29, 1.82) is 0 Å². The first-order valence-corrected chi connectivity index (χ1v) is 6.30. The topological polar surface area (TPSA) is 55.1 Å². The molecular weight excluding hydrogens is 188 g/mol. The summed E-state index contributed by atoms with van der Waals surface area (Å²) in [6.45, 7) is 1.54. The molecule has 0 radical (unpaired) electrons. The molecule has 0 aromatic carbocycles. The van der Waals surface area contributed by atoms with E-state index in [1.165, 1.54) is 32.1 Å². The molecule has 86 valence electrons. The minimum Gasteiger partial charge on any atom is -0.356 e. The van der Waals surface area contributed by atoms with E-state index in [-0.39, 0.29) is 11.8 Å². The lowest BCUT2D eigenvalue weighted by atomic mass is 9.73. The minimum absolute atomic E-state index is 0.207. The Bertz CT molecular complexity index is 224. The van der Waals surface area contributed by atoms with Crippen LogP contribution in [0.15, 0.2) is 0 Å². The van der Waals surface area contributed by atoms with Gasteiger partial charge in [0.15, 0.2) is 0 Å². The summed E-state index contributed by atoms with van der Waals surface area (Å²) in [5.41, 5.74) is 5.87. The molecular formula is C12H22N2O. The zero-order chi connectivity index (χ0) is 10.7. The normalized spacial score (nSPS) is 30.2. The van der Waals surface area contributed by atoms with Crippen LogP contribution in [0.2, 0.25) is 0 Å². The number of rotatable bonds is 3. The second-order valence-electron chi connectivity index (χ2n) is 4.98. The van der Waals surface area contributed by atoms with Gasteiger partial charge in [0, 0.05) is 12.5 Å². The standard InChI is InChI=1S/C12H22N2O/c13-8-11(9-4-2-1-3-5-9)10-6-7-14-12(10)15/h9-11H,1-8,13H2,(H,14,15). The molecule has 2 atom stereocenters. The zero-order valence-electron chi connectivity index (χ0n) is 9.37. The largest absolute Gasteiger partial charge is 0.356 e. The Balaban J connectivity index is 1.98. The van der Waals surface area contributed by atoms with Crippen LogP contribution in [-0.2, 0) is 4.79 Å². The SMILES string of the molecule is NCC(C1CCCCC1)C1CCNC1=O. The molecule has 3 nitrogen and oxygen atoms in total. The molecule has 0 aromatic heterocycles. The molecule has 1 aliphatic heterocycles. The molecule has 2 fully saturated rings. The monoisotopic (exact) mass is 210 g/mol. The van der Waals surface area contributed by atoms with Gasteiger partial charge in [-0.3, -0.25) is 4.79 Å². The number of carbonyl (C=O) groups is 1. The van der Waals surface area contributed by atoms with Crippen LogP contribution in [0.25, 0.3) is 0 Å². The van der Waals surface area contributed by atoms with E-state index in [4.69, 9.17) is 5.73 Å². The number of hydrogen-bond donors (Lipinski definition) is 2. The van der Waals surface area contributed by atoms with Crippen molar-refractivity contribution >= 4 is 5.91 Å². The molecule has 2 aliphatic rings. The fraction of sp³-hybridized carbons (Fsp3) is 0.917. The first-order chi connectivity index (χ1) is 7.33. The third-order valence-corrected chi connectivity index (χ3v) is 4.14. The molecule has 0 spiro atoms. The highest BCUT2D eigenvalue weighted by Gasteiger charge is 2.36. The molecule has 1 aliphatic carbocycles. The van der Waals surface area contributed by atoms with Gasteiger partial charge in [-0.25, -0.2) is 0 Å². The summed E-state index contributed by atoms with van der Waals surface area (Å²) in [5, 5.41) is 2.93. The van der Waals surface area contributed by atoms with Crippen LogP contribution < -0.4 is 11.1 Å². The Morgan fingerprint density at radius 3 is 2.53 bits per heavy atom. The highest BCUT2D eigenvalue weighted by molar-refractivity contribution is 5.80. The summed E-state index contributed by atoms with van der Waals surface area (Å²) >= 11 is 0. The maximum absolute atomic E-state index is 11.7. The lowest BCUT2D eigenvalue weighted by Gasteiger charge is -2.32. The quantitative estimate of drug-likeness (QED) is 0.737. The maximum Gasteiger partial charge on any atom is 0.223 e. The Morgan fingerprint density at radius 1 is 1.27 bits per heavy atom. The summed E-state index contributed by atoms with van der Waals surface area (Å²) < 4.78 is 0. The molecule has 1 saturated heterocycles. The fourth-order valence-corrected chi connectivity index (χ4v) is 3.27. The molecule has 3 heteroatoms. The van der Waals surface area contributed by atoms with Crippen molar-refractivity contribution in [3.8, 4) is 0 Å². The van der Waals surface area contributed by atoms with Gasteiger partial charge < -0.3 is 11.1 Å². The summed E-state index contributed by atoms with van der Waals surface area (Å²) in [7, 11) is 0. The van der Waals surface area contributed by atoms with Crippen LogP contribution in [0.5, 0.6) is 0 Å². The van der Waals surface area contributed by atoms with Gasteiger partial charge in [0.1, 0.15) is 0 Å². The van der Waals surface area contributed by atoms with Gasteiger partial charge >= 0.3 is 0 Å². The van der Waals surface area contributed by atoms with Gasteiger partial charge in [-0.2, -0.15) is 0 Å². The van der Waals surface area contributed by atoms with Gasteiger partial charge in [0.25, 0.3) is 0 Å². The molecule has 1 amide bonds. The van der Waals surface area contributed by atoms with Crippen molar-refractivity contribution in [2.75, 3.05) is 13.1 Å². The van der Waals surface area contributed by atoms with Crippen LogP contribution in [-0.4, -0.2) is 19.0 Å². The minimum atomic E-state index is 0.207. The molecule has 0 bridgehead atoms. The molecule has 1 heterocycles. The third kappa shape index (κ3) is 2.33. The van der Waals surface area contributed by atoms with Gasteiger partial charge in [-0.15, -0.1) is 0 Å². The second kappa shape index (κ2) is 4.97. The Morgan fingerprint density at radius 2 is 2.00 bits per heavy atom. The molecule has 2 unspecified atom stereocenters. The summed E-state index contributed by atoms with van der Waals surface area (Å²) in [6, 6.07) is 0. The van der Waals surface area contributed by atoms with E-state index in [0.29, 0.717) is 18.4 Å². The summed E-state index contributed by atoms with van der Waals surface area (Å²) in [5.74, 6) is 1.60. The van der Waals surface area contributed by atoms with E-state index >= 15 is 0 Å². The fourth-order valence-electron chi connectivity index (χ4n) is 3.27. The number of nitrogens with one attached hydrogen (secondary N) is 1. The second-order valence-corrected chi connectivity index (χ2v) is 4.98. The van der Waals surface area contributed by atoms with E-state index in [0.717, 1.165) is 13.0 Å². The van der Waals surface area contributed by atoms with Gasteiger partial charge in [0.2, 0.25) is 5.91 Å². The van der Waals surface area contributed by atoms with Crippen LogP contribution in [0.3, 0.4) is 0 Å². The highest BCUT2D eigenvalue weighted by Crippen LogP contribution is 2.35. The zero-order valence-corrected chi connectivity index (χ0v) is 9.37. The van der Waals surface area contributed by atoms with Crippen LogP contribution >= 0.6 is 0 Å². The van der Waals surface area contributed by atoms with E-state index in [9.17, 15) is 4.79 Å². The van der Waals surface area contributed by atoms with Crippen molar-refractivity contribution in [3.05, 3.63) is 0 Å². The summed E-state index contributed by atoms with van der Waals surface area (Å²) in [4.78, 5) is 11.7. The number of nitrogens with two attached hydrogens (primary N) is 1. The average molecular weight is 210 g/mol. The van der Waals surface area contributed by atoms with Crippen LogP contribution in [0.4, 0.5) is 0 Å². The number of carbonyl (C=O) groups excluding carboxylic acids is 1. The highest BCUT2D eigenvalue weighted by atomic mass is 16.2. The van der Waals surface area contributed by atoms with Crippen molar-refractivity contribution in [1.82, 2.24) is 5.32 Å². The predicted molar refractivity (Wildman–Crippen MR) is 60.2 cm³/mol. The van der Waals surface area contributed by atoms with Gasteiger partial charge in [-0.05, 0) is 24.8 Å².